The van der Waals surface area contributed by atoms with Crippen molar-refractivity contribution in [1.82, 2.24) is 10.6 Å². The van der Waals surface area contributed by atoms with Crippen LogP contribution in [0.25, 0.3) is 0 Å². The fraction of sp³-hybridized carbons (Fsp3) is 0.400. The van der Waals surface area contributed by atoms with Crippen molar-refractivity contribution < 1.29 is 4.39 Å². The third kappa shape index (κ3) is 3.95. The van der Waals surface area contributed by atoms with Crippen LogP contribution in [0, 0.1) is 5.82 Å². The summed E-state index contributed by atoms with van der Waals surface area (Å²) in [6, 6.07) is 7.01. The Morgan fingerprint density at radius 2 is 1.73 bits per heavy atom. The predicted octanol–water partition coefficient (Wildman–Crippen LogP) is 1.90. The Morgan fingerprint density at radius 1 is 1.07 bits per heavy atom. The van der Waals surface area contributed by atoms with E-state index in [1.807, 2.05) is 12.1 Å². The van der Waals surface area contributed by atoms with E-state index < -0.39 is 0 Å². The van der Waals surface area contributed by atoms with Gasteiger partial charge in [-0.1, -0.05) is 12.1 Å². The van der Waals surface area contributed by atoms with Gasteiger partial charge in [0.2, 0.25) is 0 Å². The molecule has 0 amide bonds. The normalized spacial score (nSPS) is 19.9. The van der Waals surface area contributed by atoms with Gasteiger partial charge in [-0.15, -0.1) is 24.8 Å². The Labute approximate surface area is 101 Å². The summed E-state index contributed by atoms with van der Waals surface area (Å²) in [4.78, 5) is 0. The lowest BCUT2D eigenvalue weighted by atomic mass is 10.1. The fourth-order valence-corrected chi connectivity index (χ4v) is 1.58. The van der Waals surface area contributed by atoms with Crippen molar-refractivity contribution in [3.05, 3.63) is 35.6 Å². The van der Waals surface area contributed by atoms with Gasteiger partial charge in [0.1, 0.15) is 5.82 Å². The summed E-state index contributed by atoms with van der Waals surface area (Å²) in [5.74, 6) is -0.174. The lowest BCUT2D eigenvalue weighted by Gasteiger charge is -2.24. The van der Waals surface area contributed by atoms with Gasteiger partial charge in [0.05, 0.1) is 0 Å². The molecule has 15 heavy (non-hydrogen) atoms. The zero-order valence-corrected chi connectivity index (χ0v) is 9.84. The number of hydrogen-bond acceptors (Lipinski definition) is 2. The highest BCUT2D eigenvalue weighted by molar-refractivity contribution is 5.85. The van der Waals surface area contributed by atoms with Gasteiger partial charge >= 0.3 is 0 Å². The number of nitrogens with one attached hydrogen (secondary N) is 2. The average Bonchev–Trinajstić information content (AvgIpc) is 2.20. The van der Waals surface area contributed by atoms with E-state index in [1.54, 1.807) is 0 Å². The molecule has 2 nitrogen and oxygen atoms in total. The van der Waals surface area contributed by atoms with E-state index in [2.05, 4.69) is 10.6 Å². The number of halogens is 3. The Hall–Kier alpha value is -0.350. The van der Waals surface area contributed by atoms with Gasteiger partial charge in [0.15, 0.2) is 0 Å². The van der Waals surface area contributed by atoms with E-state index in [9.17, 15) is 4.39 Å². The number of piperazine rings is 1. The van der Waals surface area contributed by atoms with E-state index in [4.69, 9.17) is 0 Å². The summed E-state index contributed by atoms with van der Waals surface area (Å²) < 4.78 is 12.6. The van der Waals surface area contributed by atoms with Crippen LogP contribution < -0.4 is 10.6 Å². The van der Waals surface area contributed by atoms with Gasteiger partial charge in [-0.3, -0.25) is 0 Å². The second-order valence-electron chi connectivity index (χ2n) is 3.26. The summed E-state index contributed by atoms with van der Waals surface area (Å²) in [6.45, 7) is 2.91. The van der Waals surface area contributed by atoms with Crippen molar-refractivity contribution in [1.29, 1.82) is 0 Å². The maximum atomic E-state index is 12.6. The largest absolute Gasteiger partial charge is 0.314 e. The zero-order chi connectivity index (χ0) is 9.10. The highest BCUT2D eigenvalue weighted by Gasteiger charge is 2.13. The molecular weight excluding hydrogens is 238 g/mol. The highest BCUT2D eigenvalue weighted by Crippen LogP contribution is 2.13. The first-order valence-electron chi connectivity index (χ1n) is 4.56. The molecule has 1 aromatic rings. The van der Waals surface area contributed by atoms with Crippen molar-refractivity contribution >= 4 is 24.8 Å². The van der Waals surface area contributed by atoms with Crippen LogP contribution in [-0.2, 0) is 0 Å². The summed E-state index contributed by atoms with van der Waals surface area (Å²) in [5.41, 5.74) is 1.15. The molecule has 1 heterocycles. The van der Waals surface area contributed by atoms with Gasteiger partial charge in [0.25, 0.3) is 0 Å². The van der Waals surface area contributed by atoms with Crippen molar-refractivity contribution in [2.24, 2.45) is 0 Å². The number of hydrogen-bond donors (Lipinski definition) is 2. The molecule has 0 aromatic heterocycles. The van der Waals surface area contributed by atoms with Crippen LogP contribution in [0.1, 0.15) is 11.6 Å². The van der Waals surface area contributed by atoms with Crippen molar-refractivity contribution in [2.75, 3.05) is 19.6 Å². The Bertz CT molecular complexity index is 273. The smallest absolute Gasteiger partial charge is 0.123 e. The van der Waals surface area contributed by atoms with Crippen molar-refractivity contribution in [2.45, 2.75) is 6.04 Å². The molecule has 1 aromatic carbocycles. The van der Waals surface area contributed by atoms with Crippen molar-refractivity contribution in [3.63, 3.8) is 0 Å². The first kappa shape index (κ1) is 14.6. The van der Waals surface area contributed by atoms with E-state index in [-0.39, 0.29) is 30.6 Å². The minimum Gasteiger partial charge on any atom is -0.314 e. The third-order valence-corrected chi connectivity index (χ3v) is 2.31. The molecule has 0 saturated carbocycles. The molecule has 1 aliphatic heterocycles. The molecule has 1 saturated heterocycles. The summed E-state index contributed by atoms with van der Waals surface area (Å²) in [5, 5.41) is 6.66. The highest BCUT2D eigenvalue weighted by atomic mass is 35.5. The monoisotopic (exact) mass is 252 g/mol. The van der Waals surface area contributed by atoms with E-state index in [1.165, 1.54) is 12.1 Å². The van der Waals surface area contributed by atoms with E-state index in [0.717, 1.165) is 25.2 Å². The molecule has 0 aliphatic carbocycles. The van der Waals surface area contributed by atoms with Crippen LogP contribution in [0.2, 0.25) is 0 Å². The summed E-state index contributed by atoms with van der Waals surface area (Å²) in [7, 11) is 0. The molecule has 2 rings (SSSR count). The van der Waals surface area contributed by atoms with Gasteiger partial charge < -0.3 is 10.6 Å². The number of benzene rings is 1. The van der Waals surface area contributed by atoms with Crippen LogP contribution >= 0.6 is 24.8 Å². The van der Waals surface area contributed by atoms with Gasteiger partial charge in [0, 0.05) is 25.7 Å². The molecule has 0 unspecified atom stereocenters. The maximum absolute atomic E-state index is 12.6. The second-order valence-corrected chi connectivity index (χ2v) is 3.26. The summed E-state index contributed by atoms with van der Waals surface area (Å²) in [6.07, 6.45) is 0. The molecule has 1 aliphatic rings. The number of rotatable bonds is 1. The second kappa shape index (κ2) is 7.01. The standard InChI is InChI=1S/C10H13FN2.2ClH/c11-9-3-1-8(2-4-9)10-7-12-5-6-13-10;;/h1-4,10,12-13H,5-7H2;2*1H/t10-;;/m0../s1. The quantitative estimate of drug-likeness (QED) is 0.798. The molecule has 86 valence electrons. The van der Waals surface area contributed by atoms with Crippen LogP contribution in [0.3, 0.4) is 0 Å². The molecule has 1 fully saturated rings. The van der Waals surface area contributed by atoms with Gasteiger partial charge in [-0.05, 0) is 17.7 Å². The lowest BCUT2D eigenvalue weighted by Crippen LogP contribution is -2.42. The topological polar surface area (TPSA) is 24.1 Å². The van der Waals surface area contributed by atoms with Crippen LogP contribution in [0.4, 0.5) is 4.39 Å². The molecule has 0 spiro atoms. The first-order chi connectivity index (χ1) is 6.36. The van der Waals surface area contributed by atoms with Crippen LogP contribution in [-0.4, -0.2) is 19.6 Å². The van der Waals surface area contributed by atoms with E-state index in [0.29, 0.717) is 6.04 Å². The SMILES string of the molecule is Cl.Cl.Fc1ccc([C@@H]2CNCCN2)cc1. The molecule has 5 heteroatoms. The Balaban J connectivity index is 0.000000980. The summed E-state index contributed by atoms with van der Waals surface area (Å²) >= 11 is 0. The van der Waals surface area contributed by atoms with Gasteiger partial charge in [-0.2, -0.15) is 0 Å². The van der Waals surface area contributed by atoms with E-state index >= 15 is 0 Å². The van der Waals surface area contributed by atoms with Crippen molar-refractivity contribution in [3.8, 4) is 0 Å². The average molecular weight is 253 g/mol. The molecule has 0 radical (unpaired) electrons. The molecule has 2 N–H and O–H groups in total. The third-order valence-electron chi connectivity index (χ3n) is 2.31. The first-order valence-corrected chi connectivity index (χ1v) is 4.56. The maximum Gasteiger partial charge on any atom is 0.123 e. The minimum atomic E-state index is -0.174. The molecule has 1 atom stereocenters. The van der Waals surface area contributed by atoms with Crippen LogP contribution in [0.5, 0.6) is 0 Å². The molecular formula is C10H15Cl2FN2. The zero-order valence-electron chi connectivity index (χ0n) is 8.20. The lowest BCUT2D eigenvalue weighted by molar-refractivity contribution is 0.430. The Kier molecular flexibility index (Phi) is 6.85. The van der Waals surface area contributed by atoms with Crippen LogP contribution in [0.15, 0.2) is 24.3 Å². The minimum absolute atomic E-state index is 0. The Morgan fingerprint density at radius 3 is 2.27 bits per heavy atom. The molecule has 0 bridgehead atoms. The predicted molar refractivity (Wildman–Crippen MR) is 64.5 cm³/mol. The van der Waals surface area contributed by atoms with Gasteiger partial charge in [-0.25, -0.2) is 4.39 Å². The fourth-order valence-electron chi connectivity index (χ4n) is 1.58.